The van der Waals surface area contributed by atoms with Crippen LogP contribution in [0.15, 0.2) is 47.4 Å². The van der Waals surface area contributed by atoms with Gasteiger partial charge in [0.15, 0.2) is 0 Å². The van der Waals surface area contributed by atoms with Crippen LogP contribution in [0.4, 0.5) is 0 Å². The van der Waals surface area contributed by atoms with Crippen molar-refractivity contribution >= 4 is 16.0 Å². The summed E-state index contributed by atoms with van der Waals surface area (Å²) in [5, 5.41) is 0. The average molecular weight is 391 g/mol. The molecule has 0 radical (unpaired) electrons. The van der Waals surface area contributed by atoms with Gasteiger partial charge in [-0.25, -0.2) is 12.7 Å². The third kappa shape index (κ3) is 5.30. The van der Waals surface area contributed by atoms with Crippen molar-refractivity contribution < 1.29 is 22.7 Å². The standard InChI is InChI=1S/C20H25NO5S/c1-15-7-5-8-16(2)20(15)26-19(22)9-6-14-21(3)27(23,24)18-12-10-17(25-4)11-13-18/h5,7-8,10-13H,6,9,14H2,1-4H3. The maximum atomic E-state index is 12.6. The molecule has 0 heterocycles. The molecule has 7 heteroatoms. The third-order valence-electron chi connectivity index (χ3n) is 4.25. The largest absolute Gasteiger partial charge is 0.497 e. The minimum Gasteiger partial charge on any atom is -0.497 e. The number of sulfonamides is 1. The van der Waals surface area contributed by atoms with Crippen LogP contribution in [0.5, 0.6) is 11.5 Å². The van der Waals surface area contributed by atoms with E-state index in [2.05, 4.69) is 0 Å². The number of benzene rings is 2. The Morgan fingerprint density at radius 1 is 1.04 bits per heavy atom. The Labute approximate surface area is 160 Å². The lowest BCUT2D eigenvalue weighted by atomic mass is 10.1. The normalized spacial score (nSPS) is 11.4. The Kier molecular flexibility index (Phi) is 6.98. The summed E-state index contributed by atoms with van der Waals surface area (Å²) in [6.45, 7) is 3.98. The second-order valence-electron chi connectivity index (χ2n) is 6.30. The van der Waals surface area contributed by atoms with Crippen LogP contribution in [0.2, 0.25) is 0 Å². The average Bonchev–Trinajstić information content (AvgIpc) is 2.64. The first-order chi connectivity index (χ1) is 12.8. The van der Waals surface area contributed by atoms with Crippen LogP contribution in [0.25, 0.3) is 0 Å². The van der Waals surface area contributed by atoms with Gasteiger partial charge >= 0.3 is 5.97 Å². The number of esters is 1. The van der Waals surface area contributed by atoms with E-state index >= 15 is 0 Å². The molecule has 146 valence electrons. The van der Waals surface area contributed by atoms with Crippen LogP contribution < -0.4 is 9.47 Å². The predicted octanol–water partition coefficient (Wildman–Crippen LogP) is 3.32. The van der Waals surface area contributed by atoms with Gasteiger partial charge in [-0.3, -0.25) is 4.79 Å². The highest BCUT2D eigenvalue weighted by atomic mass is 32.2. The predicted molar refractivity (Wildman–Crippen MR) is 104 cm³/mol. The molecule has 2 aromatic carbocycles. The number of methoxy groups -OCH3 is 1. The molecule has 0 aromatic heterocycles. The molecule has 2 rings (SSSR count). The molecule has 6 nitrogen and oxygen atoms in total. The number of aryl methyl sites for hydroxylation is 2. The summed E-state index contributed by atoms with van der Waals surface area (Å²) in [7, 11) is -0.591. The lowest BCUT2D eigenvalue weighted by Crippen LogP contribution is -2.28. The van der Waals surface area contributed by atoms with Crippen LogP contribution >= 0.6 is 0 Å². The van der Waals surface area contributed by atoms with Gasteiger partial charge in [-0.15, -0.1) is 0 Å². The number of hydrogen-bond donors (Lipinski definition) is 0. The molecule has 0 amide bonds. The van der Waals surface area contributed by atoms with Crippen LogP contribution in [-0.4, -0.2) is 39.4 Å². The van der Waals surface area contributed by atoms with Crippen molar-refractivity contribution in [1.82, 2.24) is 4.31 Å². The quantitative estimate of drug-likeness (QED) is 0.510. The summed E-state index contributed by atoms with van der Waals surface area (Å²) >= 11 is 0. The van der Waals surface area contributed by atoms with E-state index in [1.165, 1.54) is 30.6 Å². The summed E-state index contributed by atoms with van der Waals surface area (Å²) in [6, 6.07) is 11.9. The Morgan fingerprint density at radius 3 is 2.19 bits per heavy atom. The fourth-order valence-corrected chi connectivity index (χ4v) is 3.83. The molecule has 0 aliphatic carbocycles. The fourth-order valence-electron chi connectivity index (χ4n) is 2.62. The minimum atomic E-state index is -3.61. The van der Waals surface area contributed by atoms with Gasteiger partial charge in [0.1, 0.15) is 11.5 Å². The number of carbonyl (C=O) groups is 1. The Bertz CT molecular complexity index is 871. The summed E-state index contributed by atoms with van der Waals surface area (Å²) in [5.74, 6) is 0.787. The first-order valence-corrected chi connectivity index (χ1v) is 10.1. The van der Waals surface area contributed by atoms with E-state index in [0.717, 1.165) is 11.1 Å². The second kappa shape index (κ2) is 9.01. The fraction of sp³-hybridized carbons (Fsp3) is 0.350. The van der Waals surface area contributed by atoms with E-state index in [-0.39, 0.29) is 23.8 Å². The van der Waals surface area contributed by atoms with Gasteiger partial charge in [-0.05, 0) is 55.7 Å². The molecule has 0 spiro atoms. The molecule has 0 aliphatic rings. The zero-order valence-corrected chi connectivity index (χ0v) is 16.9. The van der Waals surface area contributed by atoms with Gasteiger partial charge in [0, 0.05) is 20.0 Å². The van der Waals surface area contributed by atoms with E-state index in [0.29, 0.717) is 17.9 Å². The minimum absolute atomic E-state index is 0.135. The highest BCUT2D eigenvalue weighted by molar-refractivity contribution is 7.89. The summed E-state index contributed by atoms with van der Waals surface area (Å²) < 4.78 is 36.8. The number of carbonyl (C=O) groups excluding carboxylic acids is 1. The van der Waals surface area contributed by atoms with Crippen molar-refractivity contribution in [1.29, 1.82) is 0 Å². The smallest absolute Gasteiger partial charge is 0.311 e. The van der Waals surface area contributed by atoms with Gasteiger partial charge in [0.25, 0.3) is 0 Å². The van der Waals surface area contributed by atoms with Crippen LogP contribution in [0.1, 0.15) is 24.0 Å². The van der Waals surface area contributed by atoms with Crippen molar-refractivity contribution in [3.63, 3.8) is 0 Å². The Balaban J connectivity index is 1.90. The maximum absolute atomic E-state index is 12.6. The van der Waals surface area contributed by atoms with E-state index in [4.69, 9.17) is 9.47 Å². The van der Waals surface area contributed by atoms with Crippen molar-refractivity contribution in [3.8, 4) is 11.5 Å². The molecule has 0 aliphatic heterocycles. The first-order valence-electron chi connectivity index (χ1n) is 8.63. The third-order valence-corrected chi connectivity index (χ3v) is 6.12. The van der Waals surface area contributed by atoms with Crippen molar-refractivity contribution in [3.05, 3.63) is 53.6 Å². The van der Waals surface area contributed by atoms with E-state index in [1.807, 2.05) is 32.0 Å². The topological polar surface area (TPSA) is 72.9 Å². The molecule has 0 atom stereocenters. The Hall–Kier alpha value is -2.38. The molecule has 0 bridgehead atoms. The number of para-hydroxylation sites is 1. The lowest BCUT2D eigenvalue weighted by Gasteiger charge is -2.17. The van der Waals surface area contributed by atoms with Gasteiger partial charge in [-0.1, -0.05) is 18.2 Å². The molecule has 27 heavy (non-hydrogen) atoms. The number of rotatable bonds is 8. The number of nitrogens with zero attached hydrogens (tertiary/aromatic N) is 1. The maximum Gasteiger partial charge on any atom is 0.311 e. The van der Waals surface area contributed by atoms with Crippen LogP contribution in [0, 0.1) is 13.8 Å². The number of hydrogen-bond acceptors (Lipinski definition) is 5. The van der Waals surface area contributed by atoms with E-state index in [9.17, 15) is 13.2 Å². The monoisotopic (exact) mass is 391 g/mol. The van der Waals surface area contributed by atoms with Crippen LogP contribution in [-0.2, 0) is 14.8 Å². The van der Waals surface area contributed by atoms with Crippen molar-refractivity contribution in [2.45, 2.75) is 31.6 Å². The Morgan fingerprint density at radius 2 is 1.63 bits per heavy atom. The van der Waals surface area contributed by atoms with E-state index in [1.54, 1.807) is 12.1 Å². The van der Waals surface area contributed by atoms with Crippen molar-refractivity contribution in [2.75, 3.05) is 20.7 Å². The van der Waals surface area contributed by atoms with Gasteiger partial charge in [0.2, 0.25) is 10.0 Å². The molecule has 2 aromatic rings. The molecule has 0 saturated carbocycles. The molecular formula is C20H25NO5S. The zero-order chi connectivity index (χ0) is 20.0. The van der Waals surface area contributed by atoms with Gasteiger partial charge < -0.3 is 9.47 Å². The van der Waals surface area contributed by atoms with Gasteiger partial charge in [-0.2, -0.15) is 0 Å². The van der Waals surface area contributed by atoms with Crippen LogP contribution in [0.3, 0.4) is 0 Å². The van der Waals surface area contributed by atoms with Gasteiger partial charge in [0.05, 0.1) is 12.0 Å². The summed E-state index contributed by atoms with van der Waals surface area (Å²) in [6.07, 6.45) is 0.506. The lowest BCUT2D eigenvalue weighted by molar-refractivity contribution is -0.134. The van der Waals surface area contributed by atoms with Crippen molar-refractivity contribution in [2.24, 2.45) is 0 Å². The molecule has 0 N–H and O–H groups in total. The molecular weight excluding hydrogens is 366 g/mol. The summed E-state index contributed by atoms with van der Waals surface area (Å²) in [4.78, 5) is 12.3. The molecule has 0 unspecified atom stereocenters. The summed E-state index contributed by atoms with van der Waals surface area (Å²) in [5.41, 5.74) is 1.78. The first kappa shape index (κ1) is 20.9. The molecule has 0 fully saturated rings. The second-order valence-corrected chi connectivity index (χ2v) is 8.35. The highest BCUT2D eigenvalue weighted by Gasteiger charge is 2.21. The highest BCUT2D eigenvalue weighted by Crippen LogP contribution is 2.23. The van der Waals surface area contributed by atoms with E-state index < -0.39 is 10.0 Å². The number of ether oxygens (including phenoxy) is 2. The SMILES string of the molecule is COc1ccc(S(=O)(=O)N(C)CCCC(=O)Oc2c(C)cccc2C)cc1. The molecule has 0 saturated heterocycles. The zero-order valence-electron chi connectivity index (χ0n) is 16.1.